The molecule has 1 N–H and O–H groups in total. The molecular formula is C5H8N2S. The molecule has 0 spiro atoms. The fourth-order valence-corrected chi connectivity index (χ4v) is 0.976. The van der Waals surface area contributed by atoms with Crippen molar-refractivity contribution < 1.29 is 0 Å². The molecule has 0 radical (unpaired) electrons. The number of nitrogens with one attached hydrogen (secondary N) is 1. The Kier molecular flexibility index (Phi) is 1.97. The Balaban J connectivity index is 2.50. The lowest BCUT2D eigenvalue weighted by Gasteiger charge is -1.84. The zero-order chi connectivity index (χ0) is 5.82. The summed E-state index contributed by atoms with van der Waals surface area (Å²) in [6.07, 6.45) is 3.90. The first-order valence-electron chi connectivity index (χ1n) is 2.41. The van der Waals surface area contributed by atoms with Crippen molar-refractivity contribution in [3.05, 3.63) is 18.0 Å². The molecule has 0 unspecified atom stereocenters. The van der Waals surface area contributed by atoms with Crippen molar-refractivity contribution in [1.29, 1.82) is 0 Å². The van der Waals surface area contributed by atoms with Crippen LogP contribution in [-0.4, -0.2) is 16.5 Å². The lowest BCUT2D eigenvalue weighted by atomic mass is 10.5. The third kappa shape index (κ3) is 1.26. The van der Waals surface area contributed by atoms with Crippen LogP contribution in [-0.2, 0) is 5.75 Å². The summed E-state index contributed by atoms with van der Waals surface area (Å²) in [7, 11) is 0. The maximum absolute atomic E-state index is 3.96. The summed E-state index contributed by atoms with van der Waals surface area (Å²) in [6.45, 7) is 0. The number of nitrogens with zero attached hydrogens (tertiary/aromatic N) is 1. The van der Waals surface area contributed by atoms with E-state index in [9.17, 15) is 0 Å². The second kappa shape index (κ2) is 2.77. The lowest BCUT2D eigenvalue weighted by Crippen LogP contribution is -1.76. The van der Waals surface area contributed by atoms with E-state index in [0.717, 1.165) is 11.4 Å². The van der Waals surface area contributed by atoms with Gasteiger partial charge in [0.25, 0.3) is 0 Å². The first kappa shape index (κ1) is 5.69. The van der Waals surface area contributed by atoms with Crippen LogP contribution in [0.4, 0.5) is 0 Å². The van der Waals surface area contributed by atoms with Gasteiger partial charge in [0.1, 0.15) is 0 Å². The van der Waals surface area contributed by atoms with E-state index in [-0.39, 0.29) is 0 Å². The van der Waals surface area contributed by atoms with E-state index in [1.165, 1.54) is 0 Å². The second-order valence-corrected chi connectivity index (χ2v) is 2.36. The van der Waals surface area contributed by atoms with E-state index in [1.54, 1.807) is 11.8 Å². The van der Waals surface area contributed by atoms with Gasteiger partial charge < -0.3 is 0 Å². The summed E-state index contributed by atoms with van der Waals surface area (Å²) in [5, 5.41) is 6.71. The normalized spacial score (nSPS) is 9.62. The highest BCUT2D eigenvalue weighted by Gasteiger charge is 1.88. The fraction of sp³-hybridized carbons (Fsp3) is 0.400. The van der Waals surface area contributed by atoms with Crippen LogP contribution in [0.1, 0.15) is 5.69 Å². The van der Waals surface area contributed by atoms with Gasteiger partial charge in [0.05, 0.1) is 5.69 Å². The molecular weight excluding hydrogens is 120 g/mol. The molecule has 44 valence electrons. The molecule has 0 bridgehead atoms. The second-order valence-electron chi connectivity index (χ2n) is 1.50. The minimum Gasteiger partial charge on any atom is -0.285 e. The van der Waals surface area contributed by atoms with E-state index in [4.69, 9.17) is 0 Å². The van der Waals surface area contributed by atoms with Crippen LogP contribution in [0.5, 0.6) is 0 Å². The smallest absolute Gasteiger partial charge is 0.0720 e. The number of hydrogen-bond acceptors (Lipinski definition) is 2. The summed E-state index contributed by atoms with van der Waals surface area (Å²) in [6, 6.07) is 1.98. The molecule has 1 heterocycles. The van der Waals surface area contributed by atoms with Crippen molar-refractivity contribution in [2.24, 2.45) is 0 Å². The minimum absolute atomic E-state index is 1.00. The number of H-pyrrole nitrogens is 1. The molecule has 1 rings (SSSR count). The van der Waals surface area contributed by atoms with E-state index < -0.39 is 0 Å². The summed E-state index contributed by atoms with van der Waals surface area (Å²) >= 11 is 1.78. The molecule has 0 fully saturated rings. The van der Waals surface area contributed by atoms with E-state index in [2.05, 4.69) is 16.5 Å². The van der Waals surface area contributed by atoms with Crippen LogP contribution in [0.2, 0.25) is 0 Å². The highest BCUT2D eigenvalue weighted by Crippen LogP contribution is 2.02. The zero-order valence-electron chi connectivity index (χ0n) is 4.72. The van der Waals surface area contributed by atoms with Crippen molar-refractivity contribution in [2.45, 2.75) is 5.75 Å². The Bertz CT molecular complexity index is 136. The molecule has 0 aliphatic carbocycles. The van der Waals surface area contributed by atoms with Gasteiger partial charge in [-0.2, -0.15) is 16.9 Å². The Hall–Kier alpha value is -0.440. The summed E-state index contributed by atoms with van der Waals surface area (Å²) in [4.78, 5) is 0. The number of rotatable bonds is 2. The Morgan fingerprint density at radius 2 is 2.75 bits per heavy atom. The Morgan fingerprint density at radius 3 is 3.25 bits per heavy atom. The van der Waals surface area contributed by atoms with Gasteiger partial charge in [-0.05, 0) is 12.3 Å². The predicted molar refractivity (Wildman–Crippen MR) is 35.8 cm³/mol. The molecule has 1 aromatic rings. The zero-order valence-corrected chi connectivity index (χ0v) is 5.53. The van der Waals surface area contributed by atoms with E-state index in [1.807, 2.05) is 12.3 Å². The maximum atomic E-state index is 3.96. The molecule has 1 aromatic heterocycles. The van der Waals surface area contributed by atoms with Crippen molar-refractivity contribution in [3.8, 4) is 0 Å². The maximum Gasteiger partial charge on any atom is 0.0720 e. The monoisotopic (exact) mass is 128 g/mol. The standard InChI is InChI=1S/C5H8N2S/c1-8-4-5-2-3-6-7-5/h2-3H,4H2,1H3,(H,6,7). The SMILES string of the molecule is CSCc1cc[nH]n1. The third-order valence-corrected chi connectivity index (χ3v) is 1.44. The average Bonchev–Trinajstić information content (AvgIpc) is 2.19. The molecule has 0 saturated heterocycles. The summed E-state index contributed by atoms with van der Waals surface area (Å²) in [5.41, 5.74) is 1.12. The van der Waals surface area contributed by atoms with Crippen LogP contribution >= 0.6 is 11.8 Å². The molecule has 0 aromatic carbocycles. The summed E-state index contributed by atoms with van der Waals surface area (Å²) < 4.78 is 0. The van der Waals surface area contributed by atoms with Gasteiger partial charge >= 0.3 is 0 Å². The van der Waals surface area contributed by atoms with Gasteiger partial charge in [-0.1, -0.05) is 0 Å². The van der Waals surface area contributed by atoms with E-state index in [0.29, 0.717) is 0 Å². The Morgan fingerprint density at radius 1 is 1.88 bits per heavy atom. The Labute approximate surface area is 52.7 Å². The van der Waals surface area contributed by atoms with Gasteiger partial charge in [-0.25, -0.2) is 0 Å². The number of aromatic nitrogens is 2. The van der Waals surface area contributed by atoms with Crippen LogP contribution < -0.4 is 0 Å². The van der Waals surface area contributed by atoms with Gasteiger partial charge in [0, 0.05) is 11.9 Å². The third-order valence-electron chi connectivity index (χ3n) is 0.851. The van der Waals surface area contributed by atoms with Crippen molar-refractivity contribution in [2.75, 3.05) is 6.26 Å². The molecule has 2 nitrogen and oxygen atoms in total. The first-order chi connectivity index (χ1) is 3.93. The number of hydrogen-bond donors (Lipinski definition) is 1. The highest BCUT2D eigenvalue weighted by atomic mass is 32.2. The molecule has 0 saturated carbocycles. The molecule has 0 aliphatic heterocycles. The predicted octanol–water partition coefficient (Wildman–Crippen LogP) is 1.27. The molecule has 3 heteroatoms. The van der Waals surface area contributed by atoms with Gasteiger partial charge in [-0.3, -0.25) is 5.10 Å². The van der Waals surface area contributed by atoms with Crippen molar-refractivity contribution >= 4 is 11.8 Å². The average molecular weight is 128 g/mol. The summed E-state index contributed by atoms with van der Waals surface area (Å²) in [5.74, 6) is 1.00. The number of aromatic amines is 1. The molecule has 0 atom stereocenters. The van der Waals surface area contributed by atoms with Crippen molar-refractivity contribution in [1.82, 2.24) is 10.2 Å². The highest BCUT2D eigenvalue weighted by molar-refractivity contribution is 7.97. The van der Waals surface area contributed by atoms with Crippen LogP contribution in [0.3, 0.4) is 0 Å². The molecule has 0 aliphatic rings. The van der Waals surface area contributed by atoms with Crippen LogP contribution in [0, 0.1) is 0 Å². The quantitative estimate of drug-likeness (QED) is 0.649. The lowest BCUT2D eigenvalue weighted by molar-refractivity contribution is 1.04. The minimum atomic E-state index is 1.00. The van der Waals surface area contributed by atoms with Crippen LogP contribution in [0.25, 0.3) is 0 Å². The van der Waals surface area contributed by atoms with Gasteiger partial charge in [-0.15, -0.1) is 0 Å². The van der Waals surface area contributed by atoms with Crippen LogP contribution in [0.15, 0.2) is 12.3 Å². The fourth-order valence-electron chi connectivity index (χ4n) is 0.519. The largest absolute Gasteiger partial charge is 0.285 e. The van der Waals surface area contributed by atoms with Gasteiger partial charge in [0.15, 0.2) is 0 Å². The van der Waals surface area contributed by atoms with E-state index >= 15 is 0 Å². The van der Waals surface area contributed by atoms with Gasteiger partial charge in [0.2, 0.25) is 0 Å². The first-order valence-corrected chi connectivity index (χ1v) is 3.80. The topological polar surface area (TPSA) is 28.7 Å². The van der Waals surface area contributed by atoms with Crippen molar-refractivity contribution in [3.63, 3.8) is 0 Å². The number of thioether (sulfide) groups is 1. The molecule has 8 heavy (non-hydrogen) atoms. The molecule has 0 amide bonds.